The number of fused-ring (bicyclic) bond motifs is 1. The molecule has 0 aliphatic carbocycles. The molecule has 26 heavy (non-hydrogen) atoms. The highest BCUT2D eigenvalue weighted by molar-refractivity contribution is 5.61. The van der Waals surface area contributed by atoms with E-state index >= 15 is 0 Å². The van der Waals surface area contributed by atoms with Crippen LogP contribution in [0.5, 0.6) is 11.5 Å². The van der Waals surface area contributed by atoms with Gasteiger partial charge in [-0.15, -0.1) is 5.10 Å². The molecule has 3 aromatic rings. The topological polar surface area (TPSA) is 81.2 Å². The zero-order valence-corrected chi connectivity index (χ0v) is 13.8. The molecular weight excluding hydrogens is 337 g/mol. The summed E-state index contributed by atoms with van der Waals surface area (Å²) in [5, 5.41) is 14.2. The van der Waals surface area contributed by atoms with Crippen molar-refractivity contribution < 1.29 is 13.9 Å². The van der Waals surface area contributed by atoms with Gasteiger partial charge in [0.05, 0.1) is 6.20 Å². The number of benzene rings is 2. The van der Waals surface area contributed by atoms with Crippen LogP contribution in [0.15, 0.2) is 48.7 Å². The molecule has 0 amide bonds. The van der Waals surface area contributed by atoms with E-state index in [2.05, 4.69) is 25.8 Å². The summed E-state index contributed by atoms with van der Waals surface area (Å²) in [6, 6.07) is 12.0. The van der Waals surface area contributed by atoms with Crippen LogP contribution in [0.4, 0.5) is 21.8 Å². The first kappa shape index (κ1) is 16.1. The van der Waals surface area contributed by atoms with Crippen molar-refractivity contribution in [3.63, 3.8) is 0 Å². The van der Waals surface area contributed by atoms with Gasteiger partial charge in [-0.3, -0.25) is 0 Å². The van der Waals surface area contributed by atoms with Gasteiger partial charge in [-0.2, -0.15) is 10.1 Å². The van der Waals surface area contributed by atoms with Gasteiger partial charge in [0, 0.05) is 18.3 Å². The van der Waals surface area contributed by atoms with Gasteiger partial charge in [0.25, 0.3) is 0 Å². The monoisotopic (exact) mass is 353 g/mol. The molecule has 1 aliphatic heterocycles. The Balaban J connectivity index is 1.36. The third kappa shape index (κ3) is 3.80. The van der Waals surface area contributed by atoms with E-state index < -0.39 is 0 Å². The minimum absolute atomic E-state index is 0.232. The number of rotatable bonds is 6. The molecule has 0 bridgehead atoms. The summed E-state index contributed by atoms with van der Waals surface area (Å²) in [6.45, 7) is 0.844. The fraction of sp³-hybridized carbons (Fsp3) is 0.167. The van der Waals surface area contributed by atoms with Gasteiger partial charge in [0.15, 0.2) is 17.3 Å². The Kier molecular flexibility index (Phi) is 4.46. The van der Waals surface area contributed by atoms with E-state index in [9.17, 15) is 4.39 Å². The summed E-state index contributed by atoms with van der Waals surface area (Å²) >= 11 is 0. The second-order valence-electron chi connectivity index (χ2n) is 5.66. The van der Waals surface area contributed by atoms with E-state index in [1.807, 2.05) is 18.2 Å². The van der Waals surface area contributed by atoms with Crippen LogP contribution in [0.2, 0.25) is 0 Å². The highest BCUT2D eigenvalue weighted by atomic mass is 19.1. The van der Waals surface area contributed by atoms with Crippen molar-refractivity contribution in [2.45, 2.75) is 6.42 Å². The summed E-state index contributed by atoms with van der Waals surface area (Å²) in [4.78, 5) is 4.38. The fourth-order valence-corrected chi connectivity index (χ4v) is 2.53. The van der Waals surface area contributed by atoms with Crippen LogP contribution in [-0.2, 0) is 6.42 Å². The average molecular weight is 353 g/mol. The summed E-state index contributed by atoms with van der Waals surface area (Å²) in [7, 11) is 0. The molecule has 1 aliphatic rings. The maximum absolute atomic E-state index is 12.9. The van der Waals surface area contributed by atoms with E-state index in [0.717, 1.165) is 23.4 Å². The molecule has 7 nitrogen and oxygen atoms in total. The minimum atomic E-state index is -0.239. The van der Waals surface area contributed by atoms with E-state index in [1.165, 1.54) is 18.3 Å². The second-order valence-corrected chi connectivity index (χ2v) is 5.66. The molecular formula is C18H16FN5O2. The lowest BCUT2D eigenvalue weighted by atomic mass is 10.1. The Hall–Kier alpha value is -3.42. The maximum Gasteiger partial charge on any atom is 0.244 e. The van der Waals surface area contributed by atoms with Crippen molar-refractivity contribution in [1.29, 1.82) is 0 Å². The van der Waals surface area contributed by atoms with Gasteiger partial charge >= 0.3 is 0 Å². The number of hydrogen-bond acceptors (Lipinski definition) is 7. The first-order valence-corrected chi connectivity index (χ1v) is 8.11. The van der Waals surface area contributed by atoms with Crippen molar-refractivity contribution in [3.05, 3.63) is 60.0 Å². The Morgan fingerprint density at radius 1 is 1.04 bits per heavy atom. The predicted octanol–water partition coefficient (Wildman–Crippen LogP) is 3.14. The summed E-state index contributed by atoms with van der Waals surface area (Å²) in [6.07, 6.45) is 2.26. The van der Waals surface area contributed by atoms with Gasteiger partial charge in [-0.1, -0.05) is 12.1 Å². The van der Waals surface area contributed by atoms with Gasteiger partial charge in [-0.05, 0) is 36.2 Å². The van der Waals surface area contributed by atoms with Crippen molar-refractivity contribution >= 4 is 17.5 Å². The van der Waals surface area contributed by atoms with Crippen LogP contribution in [-0.4, -0.2) is 28.5 Å². The Morgan fingerprint density at radius 2 is 1.88 bits per heavy atom. The molecule has 0 saturated heterocycles. The van der Waals surface area contributed by atoms with Crippen LogP contribution in [0.1, 0.15) is 5.56 Å². The summed E-state index contributed by atoms with van der Waals surface area (Å²) in [5.74, 6) is 2.15. The number of aromatic nitrogens is 3. The van der Waals surface area contributed by atoms with Crippen LogP contribution in [0, 0.1) is 5.82 Å². The number of anilines is 3. The highest BCUT2D eigenvalue weighted by Gasteiger charge is 2.13. The zero-order valence-electron chi connectivity index (χ0n) is 13.8. The van der Waals surface area contributed by atoms with E-state index in [1.54, 1.807) is 12.1 Å². The van der Waals surface area contributed by atoms with Gasteiger partial charge in [0.2, 0.25) is 12.7 Å². The Morgan fingerprint density at radius 3 is 2.77 bits per heavy atom. The molecule has 8 heteroatoms. The molecule has 132 valence electrons. The fourth-order valence-electron chi connectivity index (χ4n) is 2.53. The average Bonchev–Trinajstić information content (AvgIpc) is 3.12. The van der Waals surface area contributed by atoms with Crippen molar-refractivity contribution in [2.75, 3.05) is 24.0 Å². The molecule has 0 fully saturated rings. The van der Waals surface area contributed by atoms with Crippen LogP contribution in [0.3, 0.4) is 0 Å². The molecule has 2 N–H and O–H groups in total. The molecule has 0 spiro atoms. The maximum atomic E-state index is 12.9. The molecule has 0 unspecified atom stereocenters. The first-order chi connectivity index (χ1) is 12.8. The van der Waals surface area contributed by atoms with Crippen molar-refractivity contribution in [1.82, 2.24) is 15.2 Å². The lowest BCUT2D eigenvalue weighted by Gasteiger charge is -2.08. The Labute approximate surface area is 149 Å². The smallest absolute Gasteiger partial charge is 0.244 e. The number of nitrogens with one attached hydrogen (secondary N) is 2. The Bertz CT molecular complexity index is 904. The van der Waals surface area contributed by atoms with Crippen LogP contribution >= 0.6 is 0 Å². The van der Waals surface area contributed by atoms with E-state index in [-0.39, 0.29) is 12.6 Å². The normalized spacial score (nSPS) is 12.0. The predicted molar refractivity (Wildman–Crippen MR) is 94.3 cm³/mol. The van der Waals surface area contributed by atoms with Gasteiger partial charge in [0.1, 0.15) is 5.82 Å². The lowest BCUT2D eigenvalue weighted by Crippen LogP contribution is -2.09. The standard InChI is InChI=1S/C18H16FN5O2/c19-13-3-1-12(2-4-13)7-8-20-18-23-17(10-21-24-18)22-14-5-6-15-16(9-14)26-11-25-15/h1-6,9-10H,7-8,11H2,(H2,20,22,23,24). The van der Waals surface area contributed by atoms with Crippen molar-refractivity contribution in [2.24, 2.45) is 0 Å². The quantitative estimate of drug-likeness (QED) is 0.704. The molecule has 2 heterocycles. The molecule has 0 radical (unpaired) electrons. The van der Waals surface area contributed by atoms with Crippen LogP contribution < -0.4 is 20.1 Å². The molecule has 1 aromatic heterocycles. The second kappa shape index (κ2) is 7.22. The van der Waals surface area contributed by atoms with E-state index in [0.29, 0.717) is 24.1 Å². The van der Waals surface area contributed by atoms with Gasteiger partial charge < -0.3 is 20.1 Å². The van der Waals surface area contributed by atoms with Crippen LogP contribution in [0.25, 0.3) is 0 Å². The molecule has 4 rings (SSSR count). The third-order valence-corrected chi connectivity index (χ3v) is 3.81. The summed E-state index contributed by atoms with van der Waals surface area (Å²) in [5.41, 5.74) is 1.84. The number of ether oxygens (including phenoxy) is 2. The molecule has 0 saturated carbocycles. The van der Waals surface area contributed by atoms with E-state index in [4.69, 9.17) is 9.47 Å². The number of nitrogens with zero attached hydrogens (tertiary/aromatic N) is 3. The highest BCUT2D eigenvalue weighted by Crippen LogP contribution is 2.34. The lowest BCUT2D eigenvalue weighted by molar-refractivity contribution is 0.174. The largest absolute Gasteiger partial charge is 0.454 e. The minimum Gasteiger partial charge on any atom is -0.454 e. The number of halogens is 1. The first-order valence-electron chi connectivity index (χ1n) is 8.11. The van der Waals surface area contributed by atoms with Crippen molar-refractivity contribution in [3.8, 4) is 11.5 Å². The zero-order chi connectivity index (χ0) is 17.8. The molecule has 0 atom stereocenters. The SMILES string of the molecule is Fc1ccc(CCNc2nncc(Nc3ccc4c(c3)OCO4)n2)cc1. The third-order valence-electron chi connectivity index (χ3n) is 3.81. The molecule has 2 aromatic carbocycles. The number of hydrogen-bond donors (Lipinski definition) is 2. The van der Waals surface area contributed by atoms with Gasteiger partial charge in [-0.25, -0.2) is 4.39 Å². The summed E-state index contributed by atoms with van der Waals surface area (Å²) < 4.78 is 23.6.